The normalized spacial score (nSPS) is 13.8. The lowest BCUT2D eigenvalue weighted by Gasteiger charge is -2.26. The molecule has 7 nitrogen and oxygen atoms in total. The third kappa shape index (κ3) is 4.66. The van der Waals surface area contributed by atoms with Gasteiger partial charge in [-0.1, -0.05) is 37.3 Å². The van der Waals surface area contributed by atoms with Crippen molar-refractivity contribution in [3.8, 4) is 11.1 Å². The van der Waals surface area contributed by atoms with Gasteiger partial charge in [-0.15, -0.1) is 0 Å². The Kier molecular flexibility index (Phi) is 6.95. The number of hydrogen-bond donors (Lipinski definition) is 0. The van der Waals surface area contributed by atoms with Crippen LogP contribution in [0.15, 0.2) is 53.6 Å². The van der Waals surface area contributed by atoms with Gasteiger partial charge in [-0.2, -0.15) is 0 Å². The molecule has 32 heavy (non-hydrogen) atoms. The largest absolute Gasteiger partial charge is 0.380 e. The molecule has 0 aliphatic carbocycles. The standard InChI is InChI=1S/C24H28N2O5S/c1-5-22(27)24(2,32(4,29)30)12-13-26-16-25-21-14-19(10-11-20(21)23(26)28)18-8-6-17(7-9-18)15-31-3/h6-11,14,16H,5,12-13,15H2,1-4H3/t24-/m1/s1. The second-order valence-electron chi connectivity index (χ2n) is 8.13. The van der Waals surface area contributed by atoms with Gasteiger partial charge in [0.05, 0.1) is 23.8 Å². The summed E-state index contributed by atoms with van der Waals surface area (Å²) in [6.45, 7) is 3.69. The molecule has 3 aromatic rings. The predicted octanol–water partition coefficient (Wildman–Crippen LogP) is 3.38. The Morgan fingerprint density at radius 3 is 2.38 bits per heavy atom. The van der Waals surface area contributed by atoms with Gasteiger partial charge < -0.3 is 4.74 Å². The monoisotopic (exact) mass is 456 g/mol. The number of aryl methyl sites for hydroxylation is 1. The maximum Gasteiger partial charge on any atom is 0.261 e. The number of rotatable bonds is 9. The number of fused-ring (bicyclic) bond motifs is 1. The molecule has 0 N–H and O–H groups in total. The van der Waals surface area contributed by atoms with Crippen LogP contribution in [-0.2, 0) is 32.5 Å². The summed E-state index contributed by atoms with van der Waals surface area (Å²) in [5.74, 6) is -0.358. The van der Waals surface area contributed by atoms with Crippen molar-refractivity contribution in [3.05, 3.63) is 64.7 Å². The maximum absolute atomic E-state index is 13.0. The van der Waals surface area contributed by atoms with Crippen LogP contribution in [0.4, 0.5) is 0 Å². The highest BCUT2D eigenvalue weighted by molar-refractivity contribution is 7.92. The van der Waals surface area contributed by atoms with Crippen LogP contribution in [0.2, 0.25) is 0 Å². The lowest BCUT2D eigenvalue weighted by Crippen LogP contribution is -2.44. The Morgan fingerprint density at radius 1 is 1.12 bits per heavy atom. The van der Waals surface area contributed by atoms with E-state index in [4.69, 9.17) is 4.74 Å². The molecule has 8 heteroatoms. The Balaban J connectivity index is 1.90. The second-order valence-corrected chi connectivity index (χ2v) is 10.6. The summed E-state index contributed by atoms with van der Waals surface area (Å²) in [7, 11) is -1.99. The summed E-state index contributed by atoms with van der Waals surface area (Å²) in [6, 6.07) is 13.4. The summed E-state index contributed by atoms with van der Waals surface area (Å²) in [4.78, 5) is 29.7. The maximum atomic E-state index is 13.0. The van der Waals surface area contributed by atoms with Gasteiger partial charge in [0.1, 0.15) is 4.75 Å². The smallest absolute Gasteiger partial charge is 0.261 e. The van der Waals surface area contributed by atoms with E-state index in [1.807, 2.05) is 36.4 Å². The third-order valence-electron chi connectivity index (χ3n) is 5.98. The minimum atomic E-state index is -3.64. The number of Topliss-reactive ketones (excluding diaryl/α,β-unsaturated/α-hetero) is 1. The summed E-state index contributed by atoms with van der Waals surface area (Å²) in [6.07, 6.45) is 2.60. The van der Waals surface area contributed by atoms with Gasteiger partial charge in [0.2, 0.25) is 0 Å². The summed E-state index contributed by atoms with van der Waals surface area (Å²) in [5.41, 5.74) is 3.29. The van der Waals surface area contributed by atoms with Crippen molar-refractivity contribution in [1.82, 2.24) is 9.55 Å². The van der Waals surface area contributed by atoms with Crippen LogP contribution in [0, 0.1) is 0 Å². The summed E-state index contributed by atoms with van der Waals surface area (Å²) >= 11 is 0. The molecule has 0 fully saturated rings. The molecule has 0 radical (unpaired) electrons. The lowest BCUT2D eigenvalue weighted by atomic mass is 9.99. The van der Waals surface area contributed by atoms with Crippen LogP contribution < -0.4 is 5.56 Å². The average molecular weight is 457 g/mol. The van der Waals surface area contributed by atoms with Crippen LogP contribution in [0.25, 0.3) is 22.0 Å². The van der Waals surface area contributed by atoms with E-state index in [-0.39, 0.29) is 30.7 Å². The minimum absolute atomic E-state index is 0.0114. The molecule has 1 heterocycles. The molecule has 0 aliphatic heterocycles. The Labute approximate surface area is 188 Å². The van der Waals surface area contributed by atoms with Gasteiger partial charge in [0, 0.05) is 26.3 Å². The number of sulfone groups is 1. The number of methoxy groups -OCH3 is 1. The second kappa shape index (κ2) is 9.34. The molecule has 0 aliphatic rings. The first-order valence-corrected chi connectivity index (χ1v) is 12.3. The van der Waals surface area contributed by atoms with Crippen LogP contribution in [-0.4, -0.2) is 41.9 Å². The van der Waals surface area contributed by atoms with Crippen LogP contribution >= 0.6 is 0 Å². The van der Waals surface area contributed by atoms with Gasteiger partial charge in [-0.25, -0.2) is 13.4 Å². The highest BCUT2D eigenvalue weighted by Crippen LogP contribution is 2.25. The van der Waals surface area contributed by atoms with Crippen molar-refractivity contribution in [2.75, 3.05) is 13.4 Å². The van der Waals surface area contributed by atoms with Crippen molar-refractivity contribution < 1.29 is 17.9 Å². The molecule has 170 valence electrons. The average Bonchev–Trinajstić information content (AvgIpc) is 2.77. The van der Waals surface area contributed by atoms with Gasteiger partial charge in [-0.3, -0.25) is 14.2 Å². The molecule has 0 saturated heterocycles. The van der Waals surface area contributed by atoms with Gasteiger partial charge in [0.15, 0.2) is 15.6 Å². The van der Waals surface area contributed by atoms with Crippen molar-refractivity contribution in [1.29, 1.82) is 0 Å². The van der Waals surface area contributed by atoms with Crippen LogP contribution in [0.1, 0.15) is 32.3 Å². The number of aromatic nitrogens is 2. The van der Waals surface area contributed by atoms with E-state index in [0.29, 0.717) is 17.5 Å². The van der Waals surface area contributed by atoms with Gasteiger partial charge >= 0.3 is 0 Å². The van der Waals surface area contributed by atoms with Crippen molar-refractivity contribution in [3.63, 3.8) is 0 Å². The first-order chi connectivity index (χ1) is 15.1. The molecular formula is C24H28N2O5S. The molecular weight excluding hydrogens is 428 g/mol. The molecule has 0 bridgehead atoms. The molecule has 2 aromatic carbocycles. The van der Waals surface area contributed by atoms with E-state index in [0.717, 1.165) is 22.9 Å². The lowest BCUT2D eigenvalue weighted by molar-refractivity contribution is -0.121. The fourth-order valence-corrected chi connectivity index (χ4v) is 4.72. The van der Waals surface area contributed by atoms with Crippen molar-refractivity contribution >= 4 is 26.5 Å². The van der Waals surface area contributed by atoms with E-state index in [2.05, 4.69) is 4.98 Å². The van der Waals surface area contributed by atoms with E-state index < -0.39 is 14.6 Å². The number of hydrogen-bond acceptors (Lipinski definition) is 6. The zero-order valence-electron chi connectivity index (χ0n) is 18.8. The molecule has 1 aromatic heterocycles. The molecule has 0 unspecified atom stereocenters. The van der Waals surface area contributed by atoms with Crippen molar-refractivity contribution in [2.24, 2.45) is 0 Å². The number of nitrogens with zero attached hydrogens (tertiary/aromatic N) is 2. The van der Waals surface area contributed by atoms with E-state index in [9.17, 15) is 18.0 Å². The fourth-order valence-electron chi connectivity index (χ4n) is 3.70. The minimum Gasteiger partial charge on any atom is -0.380 e. The number of ether oxygens (including phenoxy) is 1. The molecule has 0 amide bonds. The Bertz CT molecular complexity index is 1300. The Hall–Kier alpha value is -2.84. The SMILES string of the molecule is CCC(=O)[C@@](C)(CCn1cnc2cc(-c3ccc(COC)cc3)ccc2c1=O)S(C)(=O)=O. The van der Waals surface area contributed by atoms with Crippen LogP contribution in [0.5, 0.6) is 0 Å². The molecule has 3 rings (SSSR count). The molecule has 1 atom stereocenters. The highest BCUT2D eigenvalue weighted by atomic mass is 32.2. The number of benzene rings is 2. The third-order valence-corrected chi connectivity index (χ3v) is 8.05. The zero-order valence-corrected chi connectivity index (χ0v) is 19.6. The first-order valence-electron chi connectivity index (χ1n) is 10.4. The summed E-state index contributed by atoms with van der Waals surface area (Å²) in [5, 5.41) is 0.440. The highest BCUT2D eigenvalue weighted by Gasteiger charge is 2.41. The topological polar surface area (TPSA) is 95.3 Å². The molecule has 0 saturated carbocycles. The van der Waals surface area contributed by atoms with Gasteiger partial charge in [-0.05, 0) is 42.2 Å². The van der Waals surface area contributed by atoms with E-state index in [1.165, 1.54) is 17.8 Å². The van der Waals surface area contributed by atoms with Crippen LogP contribution in [0.3, 0.4) is 0 Å². The number of carbonyl (C=O) groups is 1. The predicted molar refractivity (Wildman–Crippen MR) is 125 cm³/mol. The Morgan fingerprint density at radius 2 is 1.78 bits per heavy atom. The summed E-state index contributed by atoms with van der Waals surface area (Å²) < 4.78 is 29.5. The number of carbonyl (C=O) groups excluding carboxylic acids is 1. The quantitative estimate of drug-likeness (QED) is 0.490. The van der Waals surface area contributed by atoms with E-state index in [1.54, 1.807) is 20.1 Å². The number of ketones is 1. The van der Waals surface area contributed by atoms with E-state index >= 15 is 0 Å². The zero-order chi connectivity index (χ0) is 23.5. The first kappa shape index (κ1) is 23.8. The van der Waals surface area contributed by atoms with Crippen molar-refractivity contribution in [2.45, 2.75) is 44.6 Å². The fraction of sp³-hybridized carbons (Fsp3) is 0.375. The van der Waals surface area contributed by atoms with Gasteiger partial charge in [0.25, 0.3) is 5.56 Å². The molecule has 0 spiro atoms.